The second-order valence-corrected chi connectivity index (χ2v) is 6.63. The molecule has 0 aromatic rings. The Balaban J connectivity index is 2.32. The van der Waals surface area contributed by atoms with Crippen molar-refractivity contribution >= 4 is 0 Å². The molecule has 2 unspecified atom stereocenters. The number of nitrogens with zero attached hydrogens (tertiary/aromatic N) is 2. The number of hydroxylamine groups is 3. The molecule has 3 nitrogen and oxygen atoms in total. The summed E-state index contributed by atoms with van der Waals surface area (Å²) in [4.78, 5) is 2.31. The molecule has 19 heavy (non-hydrogen) atoms. The molecule has 0 amide bonds. The minimum atomic E-state index is -0.108. The molecule has 0 N–H and O–H groups in total. The van der Waals surface area contributed by atoms with E-state index >= 15 is 0 Å². The Labute approximate surface area is 117 Å². The van der Waals surface area contributed by atoms with Gasteiger partial charge in [-0.25, -0.2) is 0 Å². The van der Waals surface area contributed by atoms with E-state index in [1.54, 1.807) is 0 Å². The lowest BCUT2D eigenvalue weighted by molar-refractivity contribution is -0.883. The molecule has 2 rings (SSSR count). The minimum absolute atomic E-state index is 0.108. The smallest absolute Gasteiger partial charge is 0.204 e. The Morgan fingerprint density at radius 2 is 2.11 bits per heavy atom. The van der Waals surface area contributed by atoms with Gasteiger partial charge in [0.25, 0.3) is 0 Å². The Hall–Kier alpha value is -0.800. The van der Waals surface area contributed by atoms with Crippen LogP contribution in [0.5, 0.6) is 0 Å². The summed E-state index contributed by atoms with van der Waals surface area (Å²) in [7, 11) is 0. The summed E-state index contributed by atoms with van der Waals surface area (Å²) in [5, 5.41) is 13.5. The molecular weight excluding hydrogens is 236 g/mol. The number of allylic oxidation sites excluding steroid dienone is 2. The van der Waals surface area contributed by atoms with Gasteiger partial charge >= 0.3 is 0 Å². The van der Waals surface area contributed by atoms with Gasteiger partial charge in [-0.2, -0.15) is 0 Å². The summed E-state index contributed by atoms with van der Waals surface area (Å²) in [6.45, 7) is 10.6. The zero-order valence-electron chi connectivity index (χ0n) is 12.8. The number of quaternary nitrogens is 1. The molecule has 2 atom stereocenters. The fourth-order valence-corrected chi connectivity index (χ4v) is 3.41. The first-order valence-electron chi connectivity index (χ1n) is 7.68. The molecule has 0 aromatic heterocycles. The summed E-state index contributed by atoms with van der Waals surface area (Å²) in [5.74, 6) is 1.57. The van der Waals surface area contributed by atoms with Crippen molar-refractivity contribution in [2.45, 2.75) is 59.0 Å². The minimum Gasteiger partial charge on any atom is -0.626 e. The lowest BCUT2D eigenvalue weighted by Gasteiger charge is -2.55. The standard InChI is InChI=1S/C16H28N2O/c1-13(2)12-15-8-5-6-9-16-17(14(3)4)10-7-11-18(15,16)19/h5-6,9,13-15H,7-8,10-12H2,1-4H3. The van der Waals surface area contributed by atoms with Gasteiger partial charge in [0.2, 0.25) is 5.82 Å². The SMILES string of the molecule is CC(C)CC1CC=CC=C2N(C(C)C)CCC[N+]21[O-]. The van der Waals surface area contributed by atoms with Crippen molar-refractivity contribution in [3.63, 3.8) is 0 Å². The molecule has 2 heterocycles. The summed E-state index contributed by atoms with van der Waals surface area (Å²) in [6, 6.07) is 0.593. The molecule has 0 bridgehead atoms. The van der Waals surface area contributed by atoms with Crippen molar-refractivity contribution in [3.8, 4) is 0 Å². The van der Waals surface area contributed by atoms with Crippen LogP contribution in [0.1, 0.15) is 47.0 Å². The quantitative estimate of drug-likeness (QED) is 0.575. The van der Waals surface area contributed by atoms with E-state index in [-0.39, 0.29) is 10.7 Å². The second kappa shape index (κ2) is 5.68. The van der Waals surface area contributed by atoms with Gasteiger partial charge in [0.05, 0.1) is 12.6 Å². The topological polar surface area (TPSA) is 26.3 Å². The maximum Gasteiger partial charge on any atom is 0.204 e. The zero-order valence-corrected chi connectivity index (χ0v) is 12.8. The molecule has 0 aliphatic carbocycles. The molecule has 1 saturated heterocycles. The van der Waals surface area contributed by atoms with Crippen LogP contribution in [0.2, 0.25) is 0 Å². The van der Waals surface area contributed by atoms with Crippen LogP contribution in [-0.2, 0) is 0 Å². The van der Waals surface area contributed by atoms with E-state index < -0.39 is 0 Å². The lowest BCUT2D eigenvalue weighted by atomic mass is 9.98. The molecular formula is C16H28N2O. The average Bonchev–Trinajstić information content (AvgIpc) is 2.48. The maximum absolute atomic E-state index is 13.5. The highest BCUT2D eigenvalue weighted by Crippen LogP contribution is 2.36. The summed E-state index contributed by atoms with van der Waals surface area (Å²) in [6.07, 6.45) is 9.25. The van der Waals surface area contributed by atoms with Crippen molar-refractivity contribution < 1.29 is 4.65 Å². The first-order chi connectivity index (χ1) is 8.95. The summed E-state index contributed by atoms with van der Waals surface area (Å²) < 4.78 is -0.108. The van der Waals surface area contributed by atoms with Crippen molar-refractivity contribution in [3.05, 3.63) is 29.3 Å². The number of hydrogen-bond donors (Lipinski definition) is 0. The van der Waals surface area contributed by atoms with Gasteiger partial charge in [-0.15, -0.1) is 0 Å². The van der Waals surface area contributed by atoms with Gasteiger partial charge < -0.3 is 14.8 Å². The van der Waals surface area contributed by atoms with Crippen LogP contribution in [0, 0.1) is 11.1 Å². The lowest BCUT2D eigenvalue weighted by Crippen LogP contribution is -2.59. The van der Waals surface area contributed by atoms with E-state index in [9.17, 15) is 5.21 Å². The Bertz CT molecular complexity index is 373. The van der Waals surface area contributed by atoms with Crippen LogP contribution in [0.4, 0.5) is 0 Å². The van der Waals surface area contributed by atoms with E-state index in [1.165, 1.54) is 0 Å². The third kappa shape index (κ3) is 2.87. The largest absolute Gasteiger partial charge is 0.626 e. The predicted octanol–water partition coefficient (Wildman–Crippen LogP) is 3.63. The molecule has 2 aliphatic heterocycles. The van der Waals surface area contributed by atoms with Gasteiger partial charge in [0, 0.05) is 37.9 Å². The average molecular weight is 264 g/mol. The number of hydrogen-bond acceptors (Lipinski definition) is 2. The van der Waals surface area contributed by atoms with Crippen LogP contribution >= 0.6 is 0 Å². The number of fused-ring (bicyclic) bond motifs is 1. The van der Waals surface area contributed by atoms with Gasteiger partial charge in [-0.3, -0.25) is 0 Å². The fraction of sp³-hybridized carbons (Fsp3) is 0.750. The highest BCUT2D eigenvalue weighted by atomic mass is 16.6. The van der Waals surface area contributed by atoms with Crippen LogP contribution in [0.25, 0.3) is 0 Å². The number of rotatable bonds is 3. The molecule has 108 valence electrons. The summed E-state index contributed by atoms with van der Waals surface area (Å²) >= 11 is 0. The zero-order chi connectivity index (χ0) is 14.0. The molecule has 0 aromatic carbocycles. The Kier molecular flexibility index (Phi) is 4.36. The molecule has 3 heteroatoms. The van der Waals surface area contributed by atoms with Crippen molar-refractivity contribution in [2.24, 2.45) is 5.92 Å². The Morgan fingerprint density at radius 1 is 1.37 bits per heavy atom. The second-order valence-electron chi connectivity index (χ2n) is 6.63. The highest BCUT2D eigenvalue weighted by Gasteiger charge is 2.40. The third-order valence-electron chi connectivity index (χ3n) is 4.32. The van der Waals surface area contributed by atoms with Crippen LogP contribution in [0.15, 0.2) is 24.0 Å². The van der Waals surface area contributed by atoms with Crippen molar-refractivity contribution in [1.82, 2.24) is 4.90 Å². The molecule has 0 radical (unpaired) electrons. The van der Waals surface area contributed by atoms with Gasteiger partial charge in [-0.05, 0) is 19.8 Å². The van der Waals surface area contributed by atoms with Crippen LogP contribution in [-0.4, -0.2) is 34.7 Å². The molecule has 0 saturated carbocycles. The highest BCUT2D eigenvalue weighted by molar-refractivity contribution is 5.13. The Morgan fingerprint density at radius 3 is 2.74 bits per heavy atom. The first-order valence-corrected chi connectivity index (χ1v) is 7.68. The first kappa shape index (κ1) is 14.6. The van der Waals surface area contributed by atoms with Crippen LogP contribution in [0.3, 0.4) is 0 Å². The fourth-order valence-electron chi connectivity index (χ4n) is 3.41. The third-order valence-corrected chi connectivity index (χ3v) is 4.32. The van der Waals surface area contributed by atoms with Crippen LogP contribution < -0.4 is 0 Å². The van der Waals surface area contributed by atoms with E-state index in [0.717, 1.165) is 38.2 Å². The monoisotopic (exact) mass is 264 g/mol. The normalized spacial score (nSPS) is 31.4. The van der Waals surface area contributed by atoms with Crippen molar-refractivity contribution in [1.29, 1.82) is 0 Å². The maximum atomic E-state index is 13.5. The summed E-state index contributed by atoms with van der Waals surface area (Å²) in [5.41, 5.74) is 0. The van der Waals surface area contributed by atoms with Crippen molar-refractivity contribution in [2.75, 3.05) is 13.1 Å². The predicted molar refractivity (Wildman–Crippen MR) is 80.0 cm³/mol. The molecule has 1 fully saturated rings. The van der Waals surface area contributed by atoms with E-state index in [0.29, 0.717) is 12.0 Å². The van der Waals surface area contributed by atoms with E-state index in [4.69, 9.17) is 0 Å². The van der Waals surface area contributed by atoms with E-state index in [2.05, 4.69) is 50.8 Å². The van der Waals surface area contributed by atoms with E-state index in [1.807, 2.05) is 0 Å². The van der Waals surface area contributed by atoms with Gasteiger partial charge in [0.1, 0.15) is 0 Å². The molecule has 0 spiro atoms. The van der Waals surface area contributed by atoms with Gasteiger partial charge in [0.15, 0.2) is 0 Å². The molecule has 2 aliphatic rings. The van der Waals surface area contributed by atoms with Gasteiger partial charge in [-0.1, -0.05) is 26.0 Å².